The van der Waals surface area contributed by atoms with Crippen LogP contribution >= 0.6 is 0 Å². The first kappa shape index (κ1) is 6.08. The molecule has 0 amide bonds. The molecule has 1 aliphatic rings. The molecule has 0 aromatic carbocycles. The smallest absolute Gasteiger partial charge is 0.140 e. The van der Waals surface area contributed by atoms with Crippen molar-refractivity contribution < 1.29 is 4.74 Å². The second-order valence-electron chi connectivity index (χ2n) is 1.77. The zero-order chi connectivity index (χ0) is 6.69. The van der Waals surface area contributed by atoms with Crippen molar-refractivity contribution in [3.8, 4) is 0 Å². The van der Waals surface area contributed by atoms with Crippen molar-refractivity contribution >= 4 is 6.72 Å². The van der Waals surface area contributed by atoms with Gasteiger partial charge in [0.25, 0.3) is 0 Å². The molecule has 0 saturated heterocycles. The third-order valence-corrected chi connectivity index (χ3v) is 1.26. The number of aliphatic imine (C=N–C) groups is 1. The minimum absolute atomic E-state index is 0.718. The van der Waals surface area contributed by atoms with E-state index >= 15 is 0 Å². The first-order valence-corrected chi connectivity index (χ1v) is 2.83. The van der Waals surface area contributed by atoms with Crippen LogP contribution in [0.1, 0.15) is 6.42 Å². The van der Waals surface area contributed by atoms with E-state index in [1.54, 1.807) is 6.08 Å². The Balaban J connectivity index is 2.81. The largest absolute Gasteiger partial charge is 0.491 e. The van der Waals surface area contributed by atoms with Crippen LogP contribution in [0.25, 0.3) is 0 Å². The average Bonchev–Trinajstić information content (AvgIpc) is 2.33. The normalized spacial score (nSPS) is 17.3. The Morgan fingerprint density at radius 2 is 2.44 bits per heavy atom. The molecule has 1 rings (SSSR count). The van der Waals surface area contributed by atoms with Crippen molar-refractivity contribution in [2.45, 2.75) is 6.42 Å². The molecule has 48 valence electrons. The molecule has 0 unspecified atom stereocenters. The Hall–Kier alpha value is -1.05. The number of hydrogen-bond acceptors (Lipinski definition) is 2. The van der Waals surface area contributed by atoms with Crippen LogP contribution in [0, 0.1) is 0 Å². The van der Waals surface area contributed by atoms with Crippen molar-refractivity contribution in [2.75, 3.05) is 6.61 Å². The van der Waals surface area contributed by atoms with Crippen molar-refractivity contribution in [3.63, 3.8) is 0 Å². The van der Waals surface area contributed by atoms with E-state index < -0.39 is 0 Å². The lowest BCUT2D eigenvalue weighted by molar-refractivity contribution is 0.257. The summed E-state index contributed by atoms with van der Waals surface area (Å²) in [7, 11) is 0. The predicted octanol–water partition coefficient (Wildman–Crippen LogP) is 1.50. The molecule has 9 heavy (non-hydrogen) atoms. The maximum Gasteiger partial charge on any atom is 0.140 e. The molecule has 2 heteroatoms. The van der Waals surface area contributed by atoms with E-state index in [1.807, 2.05) is 0 Å². The second-order valence-corrected chi connectivity index (χ2v) is 1.77. The molecule has 0 fully saturated rings. The average molecular weight is 123 g/mol. The fourth-order valence-electron chi connectivity index (χ4n) is 0.798. The summed E-state index contributed by atoms with van der Waals surface area (Å²) in [6.45, 7) is 7.69. The van der Waals surface area contributed by atoms with Gasteiger partial charge in [-0.3, -0.25) is 4.99 Å². The van der Waals surface area contributed by atoms with Crippen molar-refractivity contribution in [1.29, 1.82) is 0 Å². The van der Waals surface area contributed by atoms with Gasteiger partial charge in [-0.25, -0.2) is 0 Å². The van der Waals surface area contributed by atoms with Gasteiger partial charge in [0.1, 0.15) is 5.76 Å². The molecule has 1 aliphatic heterocycles. The summed E-state index contributed by atoms with van der Waals surface area (Å²) in [4.78, 5) is 3.77. The maximum atomic E-state index is 5.13. The van der Waals surface area contributed by atoms with Crippen LogP contribution in [0.5, 0.6) is 0 Å². The highest BCUT2D eigenvalue weighted by molar-refractivity contribution is 5.33. The van der Waals surface area contributed by atoms with E-state index in [2.05, 4.69) is 18.3 Å². The van der Waals surface area contributed by atoms with Gasteiger partial charge >= 0.3 is 0 Å². The first-order valence-electron chi connectivity index (χ1n) is 2.83. The molecule has 2 nitrogen and oxygen atoms in total. The first-order chi connectivity index (χ1) is 4.38. The van der Waals surface area contributed by atoms with Gasteiger partial charge in [0.15, 0.2) is 0 Å². The monoisotopic (exact) mass is 123 g/mol. The fourth-order valence-corrected chi connectivity index (χ4v) is 0.798. The number of nitrogens with zero attached hydrogens (tertiary/aromatic N) is 1. The molecule has 0 saturated carbocycles. The molecular weight excluding hydrogens is 114 g/mol. The Morgan fingerprint density at radius 3 is 2.89 bits per heavy atom. The van der Waals surface area contributed by atoms with Crippen LogP contribution in [-0.2, 0) is 4.74 Å². The third-order valence-electron chi connectivity index (χ3n) is 1.26. The molecule has 0 aromatic rings. The summed E-state index contributed by atoms with van der Waals surface area (Å²) in [5.74, 6) is 0.782. The topological polar surface area (TPSA) is 21.6 Å². The molecule has 0 aromatic heterocycles. The van der Waals surface area contributed by atoms with Crippen LogP contribution in [0.15, 0.2) is 29.1 Å². The number of ether oxygens (including phenoxy) is 1. The standard InChI is InChI=1S/C7H9NO/c1-3-7-6(8-2)4-5-9-7/h3H,1-2,4-5H2. The summed E-state index contributed by atoms with van der Waals surface area (Å²) >= 11 is 0. The van der Waals surface area contributed by atoms with E-state index in [4.69, 9.17) is 4.74 Å². The van der Waals surface area contributed by atoms with E-state index in [1.165, 1.54) is 0 Å². The lowest BCUT2D eigenvalue weighted by Crippen LogP contribution is -1.78. The summed E-state index contributed by atoms with van der Waals surface area (Å²) < 4.78 is 5.13. The minimum Gasteiger partial charge on any atom is -0.491 e. The highest BCUT2D eigenvalue weighted by Gasteiger charge is 2.10. The zero-order valence-corrected chi connectivity index (χ0v) is 5.26. The number of rotatable bonds is 2. The summed E-state index contributed by atoms with van der Waals surface area (Å²) in [5, 5.41) is 0. The predicted molar refractivity (Wildman–Crippen MR) is 37.3 cm³/mol. The van der Waals surface area contributed by atoms with Gasteiger partial charge in [-0.2, -0.15) is 0 Å². The molecule has 0 radical (unpaired) electrons. The zero-order valence-electron chi connectivity index (χ0n) is 5.26. The molecule has 0 atom stereocenters. The number of hydrogen-bond donors (Lipinski definition) is 0. The lowest BCUT2D eigenvalue weighted by atomic mass is 10.3. The molecule has 0 N–H and O–H groups in total. The molecular formula is C7H9NO. The van der Waals surface area contributed by atoms with Gasteiger partial charge in [0.05, 0.1) is 12.3 Å². The maximum absolute atomic E-state index is 5.13. The van der Waals surface area contributed by atoms with Crippen molar-refractivity contribution in [1.82, 2.24) is 0 Å². The van der Waals surface area contributed by atoms with E-state index in [0.717, 1.165) is 24.5 Å². The second kappa shape index (κ2) is 2.49. The van der Waals surface area contributed by atoms with E-state index in [0.29, 0.717) is 0 Å². The van der Waals surface area contributed by atoms with Gasteiger partial charge in [-0.15, -0.1) is 0 Å². The van der Waals surface area contributed by atoms with Crippen molar-refractivity contribution in [2.24, 2.45) is 4.99 Å². The SMILES string of the molecule is C=CC1=C(N=C)CCO1. The Kier molecular flexibility index (Phi) is 1.68. The summed E-state index contributed by atoms with van der Waals surface area (Å²) in [6, 6.07) is 0. The van der Waals surface area contributed by atoms with E-state index in [-0.39, 0.29) is 0 Å². The quantitative estimate of drug-likeness (QED) is 0.510. The molecule has 1 heterocycles. The summed E-state index contributed by atoms with van der Waals surface area (Å²) in [5.41, 5.74) is 0.921. The highest BCUT2D eigenvalue weighted by Crippen LogP contribution is 2.19. The number of allylic oxidation sites excluding steroid dienone is 1. The molecule has 0 aliphatic carbocycles. The van der Waals surface area contributed by atoms with Crippen LogP contribution in [0.2, 0.25) is 0 Å². The molecule has 0 spiro atoms. The van der Waals surface area contributed by atoms with Crippen LogP contribution in [0.3, 0.4) is 0 Å². The molecule has 0 bridgehead atoms. The highest BCUT2D eigenvalue weighted by atomic mass is 16.5. The third kappa shape index (κ3) is 1.02. The Morgan fingerprint density at radius 1 is 1.67 bits per heavy atom. The van der Waals surface area contributed by atoms with Gasteiger partial charge in [0, 0.05) is 6.42 Å². The van der Waals surface area contributed by atoms with Gasteiger partial charge in [0.2, 0.25) is 0 Å². The summed E-state index contributed by atoms with van der Waals surface area (Å²) in [6.07, 6.45) is 2.53. The lowest BCUT2D eigenvalue weighted by Gasteiger charge is -1.92. The Bertz CT molecular complexity index is 152. The Labute approximate surface area is 54.6 Å². The van der Waals surface area contributed by atoms with Crippen molar-refractivity contribution in [3.05, 3.63) is 24.1 Å². The minimum atomic E-state index is 0.718. The van der Waals surface area contributed by atoms with Gasteiger partial charge in [-0.05, 0) is 12.8 Å². The van der Waals surface area contributed by atoms with Crippen LogP contribution < -0.4 is 0 Å². The van der Waals surface area contributed by atoms with Crippen LogP contribution in [0.4, 0.5) is 0 Å². The van der Waals surface area contributed by atoms with Crippen LogP contribution in [-0.4, -0.2) is 13.3 Å². The van der Waals surface area contributed by atoms with Gasteiger partial charge in [-0.1, -0.05) is 6.58 Å². The van der Waals surface area contributed by atoms with E-state index in [9.17, 15) is 0 Å². The van der Waals surface area contributed by atoms with Gasteiger partial charge < -0.3 is 4.74 Å². The fraction of sp³-hybridized carbons (Fsp3) is 0.286.